The Kier molecular flexibility index (Phi) is 10.8. The number of carbonyl (C=O) groups is 2. The van der Waals surface area contributed by atoms with Gasteiger partial charge in [-0.15, -0.1) is 0 Å². The molecule has 2 aromatic carbocycles. The normalized spacial score (nSPS) is 16.9. The molecule has 1 aliphatic carbocycles. The van der Waals surface area contributed by atoms with Gasteiger partial charge in [0.2, 0.25) is 5.91 Å². The Morgan fingerprint density at radius 3 is 2.35 bits per heavy atom. The summed E-state index contributed by atoms with van der Waals surface area (Å²) in [5.74, 6) is 0.188. The van der Waals surface area contributed by atoms with Crippen molar-refractivity contribution in [1.82, 2.24) is 5.01 Å². The number of carbonyl (C=O) groups excluding carboxylic acids is 2. The highest BCUT2D eigenvalue weighted by molar-refractivity contribution is 6.13. The van der Waals surface area contributed by atoms with Gasteiger partial charge in [-0.3, -0.25) is 9.69 Å². The number of para-hydroxylation sites is 1. The molecule has 4 rings (SSSR count). The van der Waals surface area contributed by atoms with E-state index in [1.54, 1.807) is 9.91 Å². The summed E-state index contributed by atoms with van der Waals surface area (Å²) in [5.41, 5.74) is 10.4. The monoisotopic (exact) mass is 545 g/mol. The van der Waals surface area contributed by atoms with Crippen LogP contribution in [0, 0.1) is 11.8 Å². The summed E-state index contributed by atoms with van der Waals surface area (Å²) in [5, 5.41) is 9.72. The quantitative estimate of drug-likeness (QED) is 0.266. The summed E-state index contributed by atoms with van der Waals surface area (Å²) in [4.78, 5) is 28.5. The molecule has 0 saturated heterocycles. The van der Waals surface area contributed by atoms with Gasteiger partial charge in [0.05, 0.1) is 23.1 Å². The Morgan fingerprint density at radius 1 is 0.975 bits per heavy atom. The van der Waals surface area contributed by atoms with Gasteiger partial charge in [-0.2, -0.15) is 5.10 Å². The van der Waals surface area contributed by atoms with Crippen LogP contribution in [0.3, 0.4) is 0 Å². The Hall–Kier alpha value is -3.19. The molecule has 0 radical (unpaired) electrons. The van der Waals surface area contributed by atoms with Gasteiger partial charge in [-0.05, 0) is 55.5 Å². The number of nitrogens with two attached hydrogens (primary N) is 1. The molecule has 0 bridgehead atoms. The van der Waals surface area contributed by atoms with E-state index in [0.29, 0.717) is 18.2 Å². The van der Waals surface area contributed by atoms with Gasteiger partial charge >= 0.3 is 6.03 Å². The second-order valence-corrected chi connectivity index (χ2v) is 11.7. The molecule has 1 heterocycles. The van der Waals surface area contributed by atoms with Gasteiger partial charge in [-0.25, -0.2) is 9.80 Å². The number of nitrogens with zero attached hydrogens (tertiary/aromatic N) is 3. The van der Waals surface area contributed by atoms with Gasteiger partial charge in [0.25, 0.3) is 0 Å². The molecule has 0 aromatic heterocycles. The molecule has 7 heteroatoms. The zero-order valence-corrected chi connectivity index (χ0v) is 24.6. The molecule has 1 aliphatic heterocycles. The first-order valence-corrected chi connectivity index (χ1v) is 15.4. The predicted molar refractivity (Wildman–Crippen MR) is 165 cm³/mol. The lowest BCUT2D eigenvalue weighted by atomic mass is 9.83. The smallest absolute Gasteiger partial charge is 0.325 e. The minimum absolute atomic E-state index is 0.0430. The number of nitrogens with one attached hydrogen (secondary N) is 1. The molecule has 7 nitrogen and oxygen atoms in total. The Morgan fingerprint density at radius 2 is 1.65 bits per heavy atom. The van der Waals surface area contributed by atoms with E-state index in [1.807, 2.05) is 56.3 Å². The number of hydrazone groups is 1. The number of fused-ring (bicyclic) bond motifs is 1. The first-order valence-electron chi connectivity index (χ1n) is 15.4. The zero-order valence-electron chi connectivity index (χ0n) is 24.6. The van der Waals surface area contributed by atoms with Crippen LogP contribution >= 0.6 is 0 Å². The molecular weight excluding hydrogens is 498 g/mol. The average Bonchev–Trinajstić information content (AvgIpc) is 3.09. The summed E-state index contributed by atoms with van der Waals surface area (Å²) in [7, 11) is 0. The second kappa shape index (κ2) is 14.4. The van der Waals surface area contributed by atoms with Crippen molar-refractivity contribution in [3.8, 4) is 0 Å². The number of benzene rings is 2. The number of amides is 3. The maximum atomic E-state index is 14.2. The van der Waals surface area contributed by atoms with Gasteiger partial charge in [0.15, 0.2) is 0 Å². The third-order valence-electron chi connectivity index (χ3n) is 8.19. The predicted octanol–water partition coefficient (Wildman–Crippen LogP) is 7.83. The van der Waals surface area contributed by atoms with Crippen molar-refractivity contribution in [2.45, 2.75) is 97.4 Å². The molecule has 3 amide bonds. The molecule has 1 saturated carbocycles. The number of unbranched alkanes of at least 4 members (excludes halogenated alkanes) is 5. The van der Waals surface area contributed by atoms with Crippen molar-refractivity contribution < 1.29 is 9.59 Å². The number of hydrogen-bond acceptors (Lipinski definition) is 4. The van der Waals surface area contributed by atoms with Crippen LogP contribution in [0.5, 0.6) is 0 Å². The Bertz CT molecular complexity index is 1150. The van der Waals surface area contributed by atoms with E-state index in [-0.39, 0.29) is 17.9 Å². The number of rotatable bonds is 12. The fourth-order valence-corrected chi connectivity index (χ4v) is 5.67. The van der Waals surface area contributed by atoms with Crippen LogP contribution in [0.15, 0.2) is 53.6 Å². The minimum atomic E-state index is -0.579. The van der Waals surface area contributed by atoms with Crippen molar-refractivity contribution in [3.05, 3.63) is 54.1 Å². The van der Waals surface area contributed by atoms with Crippen molar-refractivity contribution in [2.24, 2.45) is 22.7 Å². The maximum Gasteiger partial charge on any atom is 0.349 e. The van der Waals surface area contributed by atoms with Crippen LogP contribution in [0.25, 0.3) is 0 Å². The van der Waals surface area contributed by atoms with Gasteiger partial charge < -0.3 is 11.1 Å². The summed E-state index contributed by atoms with van der Waals surface area (Å²) in [6, 6.07) is 14.9. The fraction of sp³-hybridized carbons (Fsp3) is 0.545. The van der Waals surface area contributed by atoms with Crippen molar-refractivity contribution in [3.63, 3.8) is 0 Å². The second-order valence-electron chi connectivity index (χ2n) is 11.7. The molecule has 3 N–H and O–H groups in total. The topological polar surface area (TPSA) is 91.0 Å². The van der Waals surface area contributed by atoms with Crippen LogP contribution in [0.2, 0.25) is 0 Å². The molecular formula is C33H47N5O2. The van der Waals surface area contributed by atoms with Crippen molar-refractivity contribution in [2.75, 3.05) is 16.8 Å². The first-order chi connectivity index (χ1) is 19.4. The van der Waals surface area contributed by atoms with E-state index in [2.05, 4.69) is 18.3 Å². The van der Waals surface area contributed by atoms with Crippen LogP contribution < -0.4 is 16.0 Å². The highest BCUT2D eigenvalue weighted by atomic mass is 16.2. The molecule has 0 spiro atoms. The third kappa shape index (κ3) is 7.30. The molecule has 40 heavy (non-hydrogen) atoms. The number of hydrogen-bond donors (Lipinski definition) is 2. The molecule has 1 atom stereocenters. The highest BCUT2D eigenvalue weighted by Crippen LogP contribution is 2.37. The van der Waals surface area contributed by atoms with Crippen LogP contribution in [0.4, 0.5) is 21.9 Å². The zero-order chi connectivity index (χ0) is 28.5. The van der Waals surface area contributed by atoms with Gasteiger partial charge in [0, 0.05) is 23.7 Å². The van der Waals surface area contributed by atoms with Crippen molar-refractivity contribution in [1.29, 1.82) is 0 Å². The number of anilines is 3. The van der Waals surface area contributed by atoms with E-state index in [1.165, 1.54) is 44.9 Å². The standard InChI is InChI=1S/C33H47N5O2/c1-4-5-6-7-8-14-23-37-33(40)38(27-21-19-26(20-22-27)35-32(39)30(34)24(2)3)29-18-13-12-17-28(29)31(36-37)25-15-10-9-11-16-25/h12-13,17-22,24-25,30H,4-11,14-16,23,34H2,1-3H3,(H,35,39)/t30-/m0/s1. The largest absolute Gasteiger partial charge is 0.349 e. The maximum absolute atomic E-state index is 14.2. The summed E-state index contributed by atoms with van der Waals surface area (Å²) in [6.45, 7) is 6.68. The fourth-order valence-electron chi connectivity index (χ4n) is 5.67. The lowest BCUT2D eigenvalue weighted by Gasteiger charge is -2.27. The summed E-state index contributed by atoms with van der Waals surface area (Å²) >= 11 is 0. The Balaban J connectivity index is 1.63. The number of urea groups is 1. The lowest BCUT2D eigenvalue weighted by molar-refractivity contribution is -0.118. The van der Waals surface area contributed by atoms with E-state index < -0.39 is 6.04 Å². The molecule has 2 aliphatic rings. The van der Waals surface area contributed by atoms with Crippen LogP contribution in [-0.2, 0) is 4.79 Å². The van der Waals surface area contributed by atoms with E-state index in [4.69, 9.17) is 10.8 Å². The van der Waals surface area contributed by atoms with Crippen LogP contribution in [0.1, 0.15) is 97.0 Å². The van der Waals surface area contributed by atoms with E-state index in [0.717, 1.165) is 48.3 Å². The van der Waals surface area contributed by atoms with E-state index in [9.17, 15) is 9.59 Å². The van der Waals surface area contributed by atoms with Crippen molar-refractivity contribution >= 4 is 34.7 Å². The molecule has 1 fully saturated rings. The van der Waals surface area contributed by atoms with Gasteiger partial charge in [0.1, 0.15) is 0 Å². The SMILES string of the molecule is CCCCCCCCN1N=C(C2CCCCC2)c2ccccc2N(c2ccc(NC(=O)[C@@H](N)C(C)C)cc2)C1=O. The summed E-state index contributed by atoms with van der Waals surface area (Å²) in [6.07, 6.45) is 12.8. The molecule has 0 unspecified atom stereocenters. The average molecular weight is 546 g/mol. The van der Waals surface area contributed by atoms with Crippen LogP contribution in [-0.4, -0.2) is 35.2 Å². The first kappa shape index (κ1) is 29.8. The van der Waals surface area contributed by atoms with Gasteiger partial charge in [-0.1, -0.05) is 90.3 Å². The lowest BCUT2D eigenvalue weighted by Crippen LogP contribution is -2.39. The molecule has 216 valence electrons. The molecule has 2 aromatic rings. The Labute approximate surface area is 240 Å². The third-order valence-corrected chi connectivity index (χ3v) is 8.19. The highest BCUT2D eigenvalue weighted by Gasteiger charge is 2.33. The minimum Gasteiger partial charge on any atom is -0.325 e. The van der Waals surface area contributed by atoms with E-state index >= 15 is 0 Å². The summed E-state index contributed by atoms with van der Waals surface area (Å²) < 4.78 is 0.